The first-order valence-corrected chi connectivity index (χ1v) is 12.7. The van der Waals surface area contributed by atoms with Crippen molar-refractivity contribution in [3.05, 3.63) is 114 Å². The summed E-state index contributed by atoms with van der Waals surface area (Å²) < 4.78 is 21.3. The predicted octanol–water partition coefficient (Wildman–Crippen LogP) is 5.45. The van der Waals surface area contributed by atoms with Crippen molar-refractivity contribution in [2.75, 3.05) is 36.4 Å². The highest BCUT2D eigenvalue weighted by molar-refractivity contribution is 5.97. The molecule has 0 spiro atoms. The minimum atomic E-state index is -0.400. The SMILES string of the molecule is CC1=C(C(=O)N2CCN(c3ccc(F)cc3)CC2)C(c2cccc(Oc3ccccc3)c2)n2nccc2N1. The van der Waals surface area contributed by atoms with E-state index in [-0.39, 0.29) is 11.7 Å². The van der Waals surface area contributed by atoms with Crippen LogP contribution < -0.4 is 15.0 Å². The fourth-order valence-corrected chi connectivity index (χ4v) is 5.15. The van der Waals surface area contributed by atoms with Gasteiger partial charge in [-0.15, -0.1) is 0 Å². The number of para-hydroxylation sites is 1. The number of amides is 1. The first-order chi connectivity index (χ1) is 18.6. The molecule has 0 aliphatic carbocycles. The average molecular weight is 510 g/mol. The molecule has 4 aromatic rings. The third kappa shape index (κ3) is 4.61. The van der Waals surface area contributed by atoms with Crippen LogP contribution in [0, 0.1) is 5.82 Å². The topological polar surface area (TPSA) is 62.6 Å². The van der Waals surface area contributed by atoms with Gasteiger partial charge in [0.2, 0.25) is 0 Å². The van der Waals surface area contributed by atoms with E-state index in [1.807, 2.05) is 77.2 Å². The molecular weight excluding hydrogens is 481 g/mol. The zero-order valence-corrected chi connectivity index (χ0v) is 21.0. The Labute approximate surface area is 220 Å². The molecule has 0 saturated carbocycles. The molecule has 6 rings (SSSR count). The lowest BCUT2D eigenvalue weighted by Crippen LogP contribution is -2.50. The number of carbonyl (C=O) groups excluding carboxylic acids is 1. The van der Waals surface area contributed by atoms with E-state index in [0.29, 0.717) is 37.5 Å². The summed E-state index contributed by atoms with van der Waals surface area (Å²) >= 11 is 0. The molecule has 0 bridgehead atoms. The summed E-state index contributed by atoms with van der Waals surface area (Å²) in [6.07, 6.45) is 1.74. The molecule has 3 heterocycles. The van der Waals surface area contributed by atoms with Gasteiger partial charge in [0.25, 0.3) is 5.91 Å². The van der Waals surface area contributed by atoms with Crippen LogP contribution >= 0.6 is 0 Å². The number of anilines is 2. The van der Waals surface area contributed by atoms with Crippen LogP contribution in [0.5, 0.6) is 11.5 Å². The number of ether oxygens (including phenoxy) is 1. The van der Waals surface area contributed by atoms with Crippen molar-refractivity contribution >= 4 is 17.4 Å². The van der Waals surface area contributed by atoms with Crippen molar-refractivity contribution < 1.29 is 13.9 Å². The summed E-state index contributed by atoms with van der Waals surface area (Å²) in [5.41, 5.74) is 3.34. The maximum Gasteiger partial charge on any atom is 0.254 e. The Morgan fingerprint density at radius 2 is 1.66 bits per heavy atom. The molecule has 1 aromatic heterocycles. The lowest BCUT2D eigenvalue weighted by molar-refractivity contribution is -0.128. The maximum atomic E-state index is 14.0. The van der Waals surface area contributed by atoms with E-state index < -0.39 is 6.04 Å². The van der Waals surface area contributed by atoms with Crippen LogP contribution in [0.15, 0.2) is 102 Å². The van der Waals surface area contributed by atoms with Crippen molar-refractivity contribution in [3.8, 4) is 11.5 Å². The first-order valence-electron chi connectivity index (χ1n) is 12.7. The molecule has 0 radical (unpaired) electrons. The van der Waals surface area contributed by atoms with Gasteiger partial charge in [-0.3, -0.25) is 4.79 Å². The monoisotopic (exact) mass is 509 g/mol. The van der Waals surface area contributed by atoms with Crippen molar-refractivity contribution in [2.24, 2.45) is 0 Å². The number of allylic oxidation sites excluding steroid dienone is 1. The number of hydrogen-bond acceptors (Lipinski definition) is 5. The van der Waals surface area contributed by atoms with Gasteiger partial charge >= 0.3 is 0 Å². The number of carbonyl (C=O) groups is 1. The van der Waals surface area contributed by atoms with Gasteiger partial charge in [0, 0.05) is 43.6 Å². The van der Waals surface area contributed by atoms with Crippen LogP contribution in [0.25, 0.3) is 0 Å². The second kappa shape index (κ2) is 10.0. The van der Waals surface area contributed by atoms with Gasteiger partial charge in [0.15, 0.2) is 0 Å². The second-order valence-electron chi connectivity index (χ2n) is 9.47. The maximum absolute atomic E-state index is 14.0. The molecule has 1 saturated heterocycles. The van der Waals surface area contributed by atoms with E-state index in [4.69, 9.17) is 4.74 Å². The average Bonchev–Trinajstić information content (AvgIpc) is 3.41. The molecule has 1 fully saturated rings. The number of aromatic nitrogens is 2. The minimum absolute atomic E-state index is 0.0192. The Morgan fingerprint density at radius 1 is 0.921 bits per heavy atom. The molecular formula is C30H28FN5O2. The number of piperazine rings is 1. The normalized spacial score (nSPS) is 17.2. The number of fused-ring (bicyclic) bond motifs is 1. The van der Waals surface area contributed by atoms with Crippen LogP contribution in [0.1, 0.15) is 18.5 Å². The van der Waals surface area contributed by atoms with Gasteiger partial charge in [-0.1, -0.05) is 30.3 Å². The van der Waals surface area contributed by atoms with Gasteiger partial charge in [-0.05, 0) is 61.0 Å². The van der Waals surface area contributed by atoms with Gasteiger partial charge in [0.05, 0.1) is 11.8 Å². The summed E-state index contributed by atoms with van der Waals surface area (Å²) in [7, 11) is 0. The fourth-order valence-electron chi connectivity index (χ4n) is 5.15. The Balaban J connectivity index is 1.27. The first kappa shape index (κ1) is 23.8. The molecule has 3 aromatic carbocycles. The van der Waals surface area contributed by atoms with E-state index in [1.54, 1.807) is 18.3 Å². The summed E-state index contributed by atoms with van der Waals surface area (Å²) in [4.78, 5) is 18.1. The summed E-state index contributed by atoms with van der Waals surface area (Å²) in [6, 6.07) is 25.5. The van der Waals surface area contributed by atoms with Crippen LogP contribution in [-0.2, 0) is 4.79 Å². The second-order valence-corrected chi connectivity index (χ2v) is 9.47. The number of hydrogen-bond donors (Lipinski definition) is 1. The van der Waals surface area contributed by atoms with E-state index in [0.717, 1.165) is 28.5 Å². The van der Waals surface area contributed by atoms with Gasteiger partial charge < -0.3 is 19.9 Å². The molecule has 192 valence electrons. The molecule has 1 amide bonds. The van der Waals surface area contributed by atoms with Crippen LogP contribution in [0.3, 0.4) is 0 Å². The number of nitrogens with one attached hydrogen (secondary N) is 1. The van der Waals surface area contributed by atoms with Gasteiger partial charge in [-0.2, -0.15) is 5.10 Å². The van der Waals surface area contributed by atoms with E-state index in [2.05, 4.69) is 15.3 Å². The molecule has 1 N–H and O–H groups in total. The standard InChI is InChI=1S/C30H28FN5O2/c1-21-28(30(37)35-18-16-34(17-19-35)24-12-10-23(31)11-13-24)29(36-27(33-21)14-15-32-36)22-6-5-9-26(20-22)38-25-7-3-2-4-8-25/h2-15,20,29,33H,16-19H2,1H3. The lowest BCUT2D eigenvalue weighted by atomic mass is 9.94. The zero-order valence-electron chi connectivity index (χ0n) is 21.0. The fraction of sp³-hybridized carbons (Fsp3) is 0.200. The smallest absolute Gasteiger partial charge is 0.254 e. The third-order valence-corrected chi connectivity index (χ3v) is 7.05. The highest BCUT2D eigenvalue weighted by atomic mass is 19.1. The Bertz CT molecular complexity index is 1470. The molecule has 8 heteroatoms. The van der Waals surface area contributed by atoms with Crippen LogP contribution in [0.2, 0.25) is 0 Å². The molecule has 38 heavy (non-hydrogen) atoms. The summed E-state index contributed by atoms with van der Waals surface area (Å²) in [5, 5.41) is 7.93. The van der Waals surface area contributed by atoms with Crippen molar-refractivity contribution in [2.45, 2.75) is 13.0 Å². The van der Waals surface area contributed by atoms with Crippen LogP contribution in [0.4, 0.5) is 15.9 Å². The minimum Gasteiger partial charge on any atom is -0.457 e. The molecule has 7 nitrogen and oxygen atoms in total. The molecule has 1 atom stereocenters. The summed E-state index contributed by atoms with van der Waals surface area (Å²) in [5.74, 6) is 2.00. The number of nitrogens with zero attached hydrogens (tertiary/aromatic N) is 4. The third-order valence-electron chi connectivity index (χ3n) is 7.05. The van der Waals surface area contributed by atoms with E-state index in [9.17, 15) is 9.18 Å². The molecule has 2 aliphatic rings. The van der Waals surface area contributed by atoms with Crippen molar-refractivity contribution in [1.82, 2.24) is 14.7 Å². The largest absolute Gasteiger partial charge is 0.457 e. The molecule has 1 unspecified atom stereocenters. The number of benzene rings is 3. The van der Waals surface area contributed by atoms with E-state index >= 15 is 0 Å². The highest BCUT2D eigenvalue weighted by Crippen LogP contribution is 2.38. The number of halogens is 1. The van der Waals surface area contributed by atoms with Crippen LogP contribution in [-0.4, -0.2) is 46.8 Å². The van der Waals surface area contributed by atoms with E-state index in [1.165, 1.54) is 12.1 Å². The quantitative estimate of drug-likeness (QED) is 0.388. The van der Waals surface area contributed by atoms with Gasteiger partial charge in [-0.25, -0.2) is 9.07 Å². The number of rotatable bonds is 5. The predicted molar refractivity (Wildman–Crippen MR) is 145 cm³/mol. The summed E-state index contributed by atoms with van der Waals surface area (Å²) in [6.45, 7) is 4.44. The Morgan fingerprint density at radius 3 is 2.42 bits per heavy atom. The van der Waals surface area contributed by atoms with Crippen molar-refractivity contribution in [3.63, 3.8) is 0 Å². The lowest BCUT2D eigenvalue weighted by Gasteiger charge is -2.38. The Kier molecular flexibility index (Phi) is 6.29. The molecule has 2 aliphatic heterocycles. The van der Waals surface area contributed by atoms with Gasteiger partial charge in [0.1, 0.15) is 29.2 Å². The Hall–Kier alpha value is -4.59. The highest BCUT2D eigenvalue weighted by Gasteiger charge is 2.36. The zero-order chi connectivity index (χ0) is 26.1. The van der Waals surface area contributed by atoms with Crippen molar-refractivity contribution in [1.29, 1.82) is 0 Å².